The minimum atomic E-state index is -0.187. The molecule has 1 aromatic carbocycles. The van der Waals surface area contributed by atoms with Crippen LogP contribution in [-0.4, -0.2) is 44.7 Å². The number of carbonyl (C=O) groups excluding carboxylic acids is 1. The highest BCUT2D eigenvalue weighted by molar-refractivity contribution is 6.04. The summed E-state index contributed by atoms with van der Waals surface area (Å²) >= 11 is 0. The lowest BCUT2D eigenvalue weighted by molar-refractivity contribution is -0.896. The number of aryl methyl sites for hydroxylation is 1. The van der Waals surface area contributed by atoms with Gasteiger partial charge in [-0.05, 0) is 52.2 Å². The van der Waals surface area contributed by atoms with Gasteiger partial charge in [0.05, 0.1) is 32.8 Å². The Morgan fingerprint density at radius 1 is 1.29 bits per heavy atom. The largest absolute Gasteiger partial charge is 0.468 e. The zero-order chi connectivity index (χ0) is 17.9. The van der Waals surface area contributed by atoms with Crippen LogP contribution in [-0.2, 0) is 4.74 Å². The van der Waals surface area contributed by atoms with E-state index >= 15 is 0 Å². The Kier molecular flexibility index (Phi) is 9.08. The zero-order valence-electron chi connectivity index (χ0n) is 15.7. The molecule has 0 saturated carbocycles. The quantitative estimate of drug-likeness (QED) is 0.563. The summed E-state index contributed by atoms with van der Waals surface area (Å²) in [5.74, 6) is -0.187. The number of quaternary nitrogens is 1. The fraction of sp³-hybridized carbons (Fsp3) is 0.579. The van der Waals surface area contributed by atoms with Crippen molar-refractivity contribution in [2.45, 2.75) is 46.6 Å². The number of aliphatic imine (C=N–C) groups is 1. The van der Waals surface area contributed by atoms with E-state index in [1.165, 1.54) is 7.11 Å². The van der Waals surface area contributed by atoms with Crippen molar-refractivity contribution in [2.75, 3.05) is 26.7 Å². The number of carbonyl (C=O) groups is 1. The van der Waals surface area contributed by atoms with Gasteiger partial charge in [0.2, 0.25) is 0 Å². The normalized spacial score (nSPS) is 13.0. The van der Waals surface area contributed by atoms with Gasteiger partial charge in [-0.2, -0.15) is 0 Å². The third kappa shape index (κ3) is 6.71. The van der Waals surface area contributed by atoms with Crippen molar-refractivity contribution >= 4 is 11.9 Å². The number of hydrogen-bond acceptors (Lipinski definition) is 3. The summed E-state index contributed by atoms with van der Waals surface area (Å²) in [4.78, 5) is 18.4. The zero-order valence-corrected chi connectivity index (χ0v) is 15.7. The number of benzene rings is 1. The fourth-order valence-corrected chi connectivity index (χ4v) is 2.64. The molecule has 0 aromatic heterocycles. The predicted molar refractivity (Wildman–Crippen MR) is 98.7 cm³/mol. The van der Waals surface area contributed by atoms with Crippen LogP contribution in [0.4, 0.5) is 0 Å². The molecule has 2 N–H and O–H groups in total. The summed E-state index contributed by atoms with van der Waals surface area (Å²) in [6.07, 6.45) is 2.10. The Labute approximate surface area is 146 Å². The SMILES string of the molecule is CC[NH+](CC)CCC[C@H](C)N=C(NC(=O)c1ccccc1C)OC. The van der Waals surface area contributed by atoms with Gasteiger partial charge in [-0.1, -0.05) is 18.2 Å². The summed E-state index contributed by atoms with van der Waals surface area (Å²) in [5, 5.41) is 2.76. The number of nitrogens with one attached hydrogen (secondary N) is 2. The molecule has 0 bridgehead atoms. The van der Waals surface area contributed by atoms with Crippen LogP contribution in [0.1, 0.15) is 49.5 Å². The van der Waals surface area contributed by atoms with Crippen LogP contribution in [0, 0.1) is 6.92 Å². The van der Waals surface area contributed by atoms with E-state index in [1.807, 2.05) is 25.1 Å². The first-order valence-electron chi connectivity index (χ1n) is 8.84. The molecule has 0 aliphatic carbocycles. The van der Waals surface area contributed by atoms with E-state index in [0.29, 0.717) is 5.56 Å². The summed E-state index contributed by atoms with van der Waals surface area (Å²) in [6, 6.07) is 7.88. The van der Waals surface area contributed by atoms with Gasteiger partial charge in [0.15, 0.2) is 0 Å². The number of ether oxygens (including phenoxy) is 1. The maximum absolute atomic E-state index is 12.3. The van der Waals surface area contributed by atoms with E-state index in [0.717, 1.165) is 38.0 Å². The van der Waals surface area contributed by atoms with Gasteiger partial charge in [0.25, 0.3) is 11.9 Å². The monoisotopic (exact) mass is 334 g/mol. The Hall–Kier alpha value is -1.88. The summed E-state index contributed by atoms with van der Waals surface area (Å²) in [7, 11) is 1.53. The first-order valence-corrected chi connectivity index (χ1v) is 8.84. The molecule has 1 rings (SSSR count). The van der Waals surface area contributed by atoms with Gasteiger partial charge in [0.1, 0.15) is 0 Å². The van der Waals surface area contributed by atoms with Gasteiger partial charge >= 0.3 is 0 Å². The molecular weight excluding hydrogens is 302 g/mol. The number of amides is 1. The lowest BCUT2D eigenvalue weighted by Gasteiger charge is -2.16. The van der Waals surface area contributed by atoms with Crippen LogP contribution in [0.15, 0.2) is 29.3 Å². The van der Waals surface area contributed by atoms with Gasteiger partial charge in [-0.15, -0.1) is 0 Å². The number of rotatable bonds is 8. The van der Waals surface area contributed by atoms with E-state index in [9.17, 15) is 4.79 Å². The van der Waals surface area contributed by atoms with Crippen molar-refractivity contribution in [3.8, 4) is 0 Å². The Bertz CT molecular complexity index is 539. The molecule has 0 fully saturated rings. The third-order valence-corrected chi connectivity index (χ3v) is 4.29. The van der Waals surface area contributed by atoms with Gasteiger partial charge < -0.3 is 9.64 Å². The molecule has 0 aliphatic rings. The van der Waals surface area contributed by atoms with E-state index in [-0.39, 0.29) is 18.0 Å². The topological polar surface area (TPSA) is 55.1 Å². The molecule has 0 unspecified atom stereocenters. The molecule has 1 atom stereocenters. The van der Waals surface area contributed by atoms with Gasteiger partial charge in [-0.3, -0.25) is 10.1 Å². The highest BCUT2D eigenvalue weighted by Crippen LogP contribution is 2.07. The van der Waals surface area contributed by atoms with Crippen LogP contribution in [0.25, 0.3) is 0 Å². The third-order valence-electron chi connectivity index (χ3n) is 4.29. The van der Waals surface area contributed by atoms with Crippen molar-refractivity contribution in [3.05, 3.63) is 35.4 Å². The fourth-order valence-electron chi connectivity index (χ4n) is 2.64. The second-order valence-corrected chi connectivity index (χ2v) is 6.11. The molecule has 0 spiro atoms. The maximum atomic E-state index is 12.3. The molecule has 1 aromatic rings. The lowest BCUT2D eigenvalue weighted by atomic mass is 10.1. The summed E-state index contributed by atoms with van der Waals surface area (Å²) in [6.45, 7) is 11.9. The average molecular weight is 334 g/mol. The molecule has 0 aliphatic heterocycles. The van der Waals surface area contributed by atoms with Crippen LogP contribution in [0.5, 0.6) is 0 Å². The smallest absolute Gasteiger partial charge is 0.291 e. The number of methoxy groups -OCH3 is 1. The molecule has 1 amide bonds. The highest BCUT2D eigenvalue weighted by Gasteiger charge is 2.13. The molecule has 0 heterocycles. The predicted octanol–water partition coefficient (Wildman–Crippen LogP) is 1.82. The van der Waals surface area contributed by atoms with E-state index in [4.69, 9.17) is 4.74 Å². The van der Waals surface area contributed by atoms with Crippen molar-refractivity contribution < 1.29 is 14.4 Å². The molecular formula is C19H32N3O2+. The van der Waals surface area contributed by atoms with Crippen LogP contribution < -0.4 is 10.2 Å². The minimum Gasteiger partial charge on any atom is -0.468 e. The lowest BCUT2D eigenvalue weighted by Crippen LogP contribution is -3.11. The standard InChI is InChI=1S/C19H31N3O2/c1-6-22(7-2)14-10-12-16(4)20-19(24-5)21-18(23)17-13-9-8-11-15(17)3/h8-9,11,13,16H,6-7,10,12,14H2,1-5H3,(H,20,21,23)/p+1/t16-/m0/s1. The van der Waals surface area contributed by atoms with Crippen molar-refractivity contribution in [3.63, 3.8) is 0 Å². The van der Waals surface area contributed by atoms with Crippen molar-refractivity contribution in [1.82, 2.24) is 5.32 Å². The van der Waals surface area contributed by atoms with E-state index in [1.54, 1.807) is 11.0 Å². The Morgan fingerprint density at radius 3 is 2.54 bits per heavy atom. The van der Waals surface area contributed by atoms with E-state index < -0.39 is 0 Å². The van der Waals surface area contributed by atoms with Gasteiger partial charge in [0, 0.05) is 5.56 Å². The molecule has 0 saturated heterocycles. The first kappa shape index (κ1) is 20.2. The summed E-state index contributed by atoms with van der Waals surface area (Å²) in [5.41, 5.74) is 1.57. The van der Waals surface area contributed by atoms with Crippen LogP contribution in [0.3, 0.4) is 0 Å². The second kappa shape index (κ2) is 10.8. The van der Waals surface area contributed by atoms with Crippen molar-refractivity contribution in [1.29, 1.82) is 0 Å². The number of amidine groups is 1. The minimum absolute atomic E-state index is 0.118. The summed E-state index contributed by atoms with van der Waals surface area (Å²) < 4.78 is 5.24. The molecule has 5 heteroatoms. The molecule has 134 valence electrons. The van der Waals surface area contributed by atoms with Gasteiger partial charge in [-0.25, -0.2) is 4.99 Å². The Morgan fingerprint density at radius 2 is 1.96 bits per heavy atom. The van der Waals surface area contributed by atoms with Crippen molar-refractivity contribution in [2.24, 2.45) is 4.99 Å². The molecule has 5 nitrogen and oxygen atoms in total. The van der Waals surface area contributed by atoms with Crippen LogP contribution >= 0.6 is 0 Å². The number of hydrogen-bond donors (Lipinski definition) is 2. The maximum Gasteiger partial charge on any atom is 0.291 e. The molecule has 24 heavy (non-hydrogen) atoms. The average Bonchev–Trinajstić information content (AvgIpc) is 2.58. The Balaban J connectivity index is 2.56. The van der Waals surface area contributed by atoms with E-state index in [2.05, 4.69) is 31.1 Å². The number of nitrogens with zero attached hydrogens (tertiary/aromatic N) is 1. The van der Waals surface area contributed by atoms with Crippen LogP contribution in [0.2, 0.25) is 0 Å². The molecule has 0 radical (unpaired) electrons. The highest BCUT2D eigenvalue weighted by atomic mass is 16.5. The second-order valence-electron chi connectivity index (χ2n) is 6.11. The first-order chi connectivity index (χ1) is 11.5.